The Morgan fingerprint density at radius 1 is 1.00 bits per heavy atom. The molecule has 2 aromatic carbocycles. The summed E-state index contributed by atoms with van der Waals surface area (Å²) < 4.78 is 0. The Bertz CT molecular complexity index is 1640. The molecule has 1 aromatic heterocycles. The molecule has 1 spiro atoms. The number of amides is 2. The second-order valence-corrected chi connectivity index (χ2v) is 12.0. The fourth-order valence-corrected chi connectivity index (χ4v) is 6.43. The summed E-state index contributed by atoms with van der Waals surface area (Å²) in [4.78, 5) is 49.1. The number of carbonyl (C=O) groups is 3. The maximum absolute atomic E-state index is 13.6. The van der Waals surface area contributed by atoms with Crippen molar-refractivity contribution in [3.8, 4) is 0 Å². The maximum Gasteiger partial charge on any atom is 0.303 e. The minimum atomic E-state index is -0.808. The van der Waals surface area contributed by atoms with Crippen LogP contribution in [0.3, 0.4) is 0 Å². The number of nitrogens with one attached hydrogen (secondary N) is 1. The largest absolute Gasteiger partial charge is 0.481 e. The van der Waals surface area contributed by atoms with E-state index in [1.807, 2.05) is 59.5 Å². The molecule has 216 valence electrons. The molecule has 0 radical (unpaired) electrons. The van der Waals surface area contributed by atoms with Crippen molar-refractivity contribution in [2.45, 2.75) is 63.3 Å². The number of unbranched alkanes of at least 4 members (excludes halogenated alkanes) is 1. The normalized spacial score (nSPS) is 17.8. The Hall–Kier alpha value is -4.04. The summed E-state index contributed by atoms with van der Waals surface area (Å²) in [5.41, 5.74) is 6.07. The molecular formula is C33H33ClN4O4. The van der Waals surface area contributed by atoms with Crippen molar-refractivity contribution in [1.29, 1.82) is 0 Å². The molecule has 6 rings (SSSR count). The molecule has 1 saturated heterocycles. The van der Waals surface area contributed by atoms with Gasteiger partial charge in [0.1, 0.15) is 0 Å². The summed E-state index contributed by atoms with van der Waals surface area (Å²) in [5, 5.41) is 13.1. The monoisotopic (exact) mass is 584 g/mol. The average molecular weight is 585 g/mol. The average Bonchev–Trinajstić information content (AvgIpc) is 2.99. The molecule has 0 atom stereocenters. The first-order valence-electron chi connectivity index (χ1n) is 14.6. The number of carbonyl (C=O) groups excluding carboxylic acids is 2. The van der Waals surface area contributed by atoms with Gasteiger partial charge in [0, 0.05) is 41.2 Å². The molecule has 3 heterocycles. The second-order valence-electron chi connectivity index (χ2n) is 11.5. The molecule has 2 amide bonds. The van der Waals surface area contributed by atoms with E-state index in [0.29, 0.717) is 61.8 Å². The number of aromatic nitrogens is 2. The third-order valence-corrected chi connectivity index (χ3v) is 8.93. The van der Waals surface area contributed by atoms with Crippen LogP contribution >= 0.6 is 11.6 Å². The molecule has 0 saturated carbocycles. The first kappa shape index (κ1) is 28.1. The van der Waals surface area contributed by atoms with Gasteiger partial charge in [-0.05, 0) is 92.8 Å². The number of carboxylic acid groups (broad SMARTS) is 1. The summed E-state index contributed by atoms with van der Waals surface area (Å²) in [5.74, 6) is -0.902. The quantitative estimate of drug-likeness (QED) is 0.345. The fraction of sp³-hybridized carbons (Fsp3) is 0.364. The maximum atomic E-state index is 13.6. The number of hydrogen-bond donors (Lipinski definition) is 2. The zero-order valence-corrected chi connectivity index (χ0v) is 24.1. The minimum Gasteiger partial charge on any atom is -0.481 e. The molecule has 42 heavy (non-hydrogen) atoms. The van der Waals surface area contributed by atoms with Crippen LogP contribution < -0.4 is 5.32 Å². The van der Waals surface area contributed by atoms with Crippen LogP contribution in [0.5, 0.6) is 0 Å². The number of halogens is 1. The molecular weight excluding hydrogens is 552 g/mol. The Kier molecular flexibility index (Phi) is 7.82. The Labute approximate surface area is 249 Å². The summed E-state index contributed by atoms with van der Waals surface area (Å²) in [6.07, 6.45) is 9.50. The number of nitrogens with zero attached hydrogens (tertiary/aromatic N) is 3. The molecule has 0 bridgehead atoms. The number of likely N-dealkylation sites (tertiary alicyclic amines) is 1. The number of piperidine rings is 1. The zero-order valence-electron chi connectivity index (χ0n) is 23.4. The van der Waals surface area contributed by atoms with E-state index in [1.54, 1.807) is 0 Å². The Balaban J connectivity index is 1.21. The van der Waals surface area contributed by atoms with Gasteiger partial charge in [-0.25, -0.2) is 9.97 Å². The lowest BCUT2D eigenvalue weighted by Crippen LogP contribution is -2.59. The lowest BCUT2D eigenvalue weighted by atomic mass is 9.77. The van der Waals surface area contributed by atoms with Crippen molar-refractivity contribution in [3.63, 3.8) is 0 Å². The van der Waals surface area contributed by atoms with E-state index < -0.39 is 5.97 Å². The molecule has 1 fully saturated rings. The van der Waals surface area contributed by atoms with Crippen LogP contribution in [0.15, 0.2) is 59.6 Å². The number of fused-ring (bicyclic) bond motifs is 2. The number of hydrogen-bond acceptors (Lipinski definition) is 5. The summed E-state index contributed by atoms with van der Waals surface area (Å²) in [7, 11) is 0. The van der Waals surface area contributed by atoms with Gasteiger partial charge in [-0.3, -0.25) is 14.4 Å². The van der Waals surface area contributed by atoms with Gasteiger partial charge in [-0.15, -0.1) is 0 Å². The molecule has 9 heteroatoms. The van der Waals surface area contributed by atoms with Gasteiger partial charge in [-0.1, -0.05) is 35.9 Å². The SMILES string of the molecule is O=C(O)CCCCc1nc2cc(C(=O)N3CCC4(CC3)Cc3ccccc3C(=O)N4)ccc2nc1C1=CC=C(Cl)CC1. The third-order valence-electron chi connectivity index (χ3n) is 8.62. The number of benzene rings is 2. The highest BCUT2D eigenvalue weighted by atomic mass is 35.5. The highest BCUT2D eigenvalue weighted by molar-refractivity contribution is 6.29. The van der Waals surface area contributed by atoms with Crippen LogP contribution in [0.25, 0.3) is 16.6 Å². The molecule has 0 unspecified atom stereocenters. The number of aryl methyl sites for hydroxylation is 1. The molecule has 8 nitrogen and oxygen atoms in total. The van der Waals surface area contributed by atoms with Crippen LogP contribution in [0.2, 0.25) is 0 Å². The summed E-state index contributed by atoms with van der Waals surface area (Å²) in [6.45, 7) is 1.12. The number of aliphatic carboxylic acids is 1. The van der Waals surface area contributed by atoms with Crippen molar-refractivity contribution in [1.82, 2.24) is 20.2 Å². The minimum absolute atomic E-state index is 0.0361. The van der Waals surface area contributed by atoms with E-state index >= 15 is 0 Å². The first-order valence-corrected chi connectivity index (χ1v) is 15.0. The lowest BCUT2D eigenvalue weighted by molar-refractivity contribution is -0.137. The molecule has 1 aliphatic carbocycles. The van der Waals surface area contributed by atoms with Gasteiger partial charge < -0.3 is 15.3 Å². The zero-order chi connectivity index (χ0) is 29.3. The van der Waals surface area contributed by atoms with Gasteiger partial charge in [0.25, 0.3) is 11.8 Å². The van der Waals surface area contributed by atoms with Gasteiger partial charge in [0.05, 0.1) is 22.4 Å². The smallest absolute Gasteiger partial charge is 0.303 e. The highest BCUT2D eigenvalue weighted by Crippen LogP contribution is 2.33. The predicted octanol–water partition coefficient (Wildman–Crippen LogP) is 5.69. The van der Waals surface area contributed by atoms with E-state index in [0.717, 1.165) is 52.4 Å². The van der Waals surface area contributed by atoms with E-state index in [9.17, 15) is 14.4 Å². The summed E-state index contributed by atoms with van der Waals surface area (Å²) in [6, 6.07) is 13.2. The van der Waals surface area contributed by atoms with E-state index in [1.165, 1.54) is 0 Å². The Morgan fingerprint density at radius 2 is 1.81 bits per heavy atom. The number of allylic oxidation sites excluding steroid dienone is 4. The van der Waals surface area contributed by atoms with E-state index in [4.69, 9.17) is 26.7 Å². The van der Waals surface area contributed by atoms with Crippen molar-refractivity contribution >= 4 is 46.0 Å². The van der Waals surface area contributed by atoms with E-state index in [2.05, 4.69) is 5.32 Å². The van der Waals surface area contributed by atoms with Crippen molar-refractivity contribution in [3.05, 3.63) is 87.7 Å². The molecule has 2 aliphatic heterocycles. The van der Waals surface area contributed by atoms with Gasteiger partial charge in [0.2, 0.25) is 0 Å². The number of rotatable bonds is 7. The van der Waals surface area contributed by atoms with Gasteiger partial charge >= 0.3 is 5.97 Å². The van der Waals surface area contributed by atoms with Gasteiger partial charge in [-0.2, -0.15) is 0 Å². The second kappa shape index (κ2) is 11.7. The van der Waals surface area contributed by atoms with Gasteiger partial charge in [0.15, 0.2) is 0 Å². The highest BCUT2D eigenvalue weighted by Gasteiger charge is 2.41. The third kappa shape index (κ3) is 5.81. The predicted molar refractivity (Wildman–Crippen MR) is 161 cm³/mol. The van der Waals surface area contributed by atoms with Crippen LogP contribution in [0, 0.1) is 0 Å². The van der Waals surface area contributed by atoms with Crippen molar-refractivity contribution < 1.29 is 19.5 Å². The van der Waals surface area contributed by atoms with Crippen LogP contribution in [0.4, 0.5) is 0 Å². The standard InChI is InChI=1S/C33H33ClN4O4/c34-24-12-9-21(10-13-24)30-27(7-3-4-8-29(39)40)35-28-19-22(11-14-26(28)36-30)32(42)38-17-15-33(16-18-38)20-23-5-1-2-6-25(23)31(41)37-33/h1-2,5-6,9,11-12,14,19H,3-4,7-8,10,13,15-18,20H2,(H,37,41)(H,39,40). The fourth-order valence-electron chi connectivity index (χ4n) is 6.27. The topological polar surface area (TPSA) is 112 Å². The molecule has 2 N–H and O–H groups in total. The number of carboxylic acids is 1. The summed E-state index contributed by atoms with van der Waals surface area (Å²) >= 11 is 6.19. The lowest BCUT2D eigenvalue weighted by Gasteiger charge is -2.45. The van der Waals surface area contributed by atoms with E-state index in [-0.39, 0.29) is 23.8 Å². The van der Waals surface area contributed by atoms with Crippen molar-refractivity contribution in [2.75, 3.05) is 13.1 Å². The van der Waals surface area contributed by atoms with Crippen LogP contribution in [-0.4, -0.2) is 56.4 Å². The van der Waals surface area contributed by atoms with Crippen LogP contribution in [-0.2, 0) is 17.6 Å². The first-order chi connectivity index (χ1) is 20.3. The van der Waals surface area contributed by atoms with Crippen LogP contribution in [0.1, 0.15) is 82.6 Å². The molecule has 3 aliphatic rings. The Morgan fingerprint density at radius 3 is 2.57 bits per heavy atom. The van der Waals surface area contributed by atoms with Crippen molar-refractivity contribution in [2.24, 2.45) is 0 Å². The molecule has 3 aromatic rings.